The number of carbonyl (C=O) groups excluding carboxylic acids is 1. The summed E-state index contributed by atoms with van der Waals surface area (Å²) in [5.74, 6) is -3.15. The fourth-order valence-electron chi connectivity index (χ4n) is 1.28. The van der Waals surface area contributed by atoms with Crippen molar-refractivity contribution in [1.82, 2.24) is 5.32 Å². The molecule has 1 atom stereocenters. The van der Waals surface area contributed by atoms with Crippen LogP contribution in [0.15, 0.2) is 22.7 Å². The van der Waals surface area contributed by atoms with Gasteiger partial charge >= 0.3 is 12.3 Å². The number of carbonyl (C=O) groups is 2. The number of carboxylic acid groups (broad SMARTS) is 1. The molecule has 9 heteroatoms. The summed E-state index contributed by atoms with van der Waals surface area (Å²) >= 11 is 2.88. The number of nitrogens with one attached hydrogen (secondary N) is 1. The number of benzene rings is 1. The molecule has 1 unspecified atom stereocenters. The molecule has 0 saturated carbocycles. The first-order valence-electron chi connectivity index (χ1n) is 5.66. The first-order valence-corrected chi connectivity index (χ1v) is 6.45. The van der Waals surface area contributed by atoms with Crippen LogP contribution in [-0.2, 0) is 4.79 Å². The zero-order valence-corrected chi connectivity index (χ0v) is 12.3. The fraction of sp³-hybridized carbons (Fsp3) is 0.333. The van der Waals surface area contributed by atoms with Crippen molar-refractivity contribution in [2.24, 2.45) is 5.92 Å². The third-order valence-electron chi connectivity index (χ3n) is 2.41. The van der Waals surface area contributed by atoms with Gasteiger partial charge in [0.2, 0.25) is 0 Å². The molecule has 0 aromatic heterocycles. The molecule has 0 aliphatic carbocycles. The van der Waals surface area contributed by atoms with E-state index in [-0.39, 0.29) is 16.6 Å². The Bertz CT molecular complexity index is 548. The topological polar surface area (TPSA) is 75.6 Å². The lowest BCUT2D eigenvalue weighted by Gasteiger charge is -2.12. The van der Waals surface area contributed by atoms with Gasteiger partial charge in [-0.25, -0.2) is 0 Å². The Labute approximate surface area is 126 Å². The van der Waals surface area contributed by atoms with Crippen LogP contribution in [0.3, 0.4) is 0 Å². The Morgan fingerprint density at radius 1 is 1.43 bits per heavy atom. The highest BCUT2D eigenvalue weighted by Crippen LogP contribution is 2.31. The van der Waals surface area contributed by atoms with Crippen LogP contribution in [0.2, 0.25) is 0 Å². The molecule has 0 saturated heterocycles. The van der Waals surface area contributed by atoms with Crippen LogP contribution in [0.1, 0.15) is 17.3 Å². The summed E-state index contributed by atoms with van der Waals surface area (Å²) in [6.45, 7) is 1.25. The van der Waals surface area contributed by atoms with Gasteiger partial charge in [-0.05, 0) is 34.1 Å². The molecule has 0 bridgehead atoms. The molecular weight excluding hydrogens is 359 g/mol. The highest BCUT2D eigenvalue weighted by Gasteiger charge is 2.32. The molecule has 1 rings (SSSR count). The van der Waals surface area contributed by atoms with E-state index < -0.39 is 29.9 Å². The van der Waals surface area contributed by atoms with E-state index in [9.17, 15) is 22.8 Å². The van der Waals surface area contributed by atoms with Gasteiger partial charge in [0.25, 0.3) is 5.91 Å². The number of hydrogen-bond acceptors (Lipinski definition) is 3. The van der Waals surface area contributed by atoms with Crippen LogP contribution in [-0.4, -0.2) is 29.9 Å². The van der Waals surface area contributed by atoms with Gasteiger partial charge in [-0.15, -0.1) is 13.2 Å². The molecule has 0 heterocycles. The number of aliphatic carboxylic acids is 1. The number of hydrogen-bond donors (Lipinski definition) is 2. The van der Waals surface area contributed by atoms with Crippen molar-refractivity contribution in [3.8, 4) is 5.75 Å². The zero-order chi connectivity index (χ0) is 16.2. The number of alkyl halides is 3. The monoisotopic (exact) mass is 369 g/mol. The number of amides is 1. The minimum absolute atomic E-state index is 0.0373. The standard InChI is InChI=1S/C12H11BrF3NO4/c1-6(11(19)20)5-17-10(18)7-2-3-8(13)9(4-7)21-12(14,15)16/h2-4,6H,5H2,1H3,(H,17,18)(H,19,20). The summed E-state index contributed by atoms with van der Waals surface area (Å²) in [6.07, 6.45) is -4.88. The number of carboxylic acids is 1. The average Bonchev–Trinajstić information content (AvgIpc) is 2.36. The van der Waals surface area contributed by atoms with Crippen molar-refractivity contribution in [3.63, 3.8) is 0 Å². The van der Waals surface area contributed by atoms with E-state index in [1.54, 1.807) is 0 Å². The summed E-state index contributed by atoms with van der Waals surface area (Å²) in [5, 5.41) is 11.0. The van der Waals surface area contributed by atoms with Crippen molar-refractivity contribution >= 4 is 27.8 Å². The summed E-state index contributed by atoms with van der Waals surface area (Å²) in [7, 11) is 0. The predicted molar refractivity (Wildman–Crippen MR) is 70.0 cm³/mol. The Hall–Kier alpha value is -1.77. The number of halogens is 4. The third-order valence-corrected chi connectivity index (χ3v) is 3.06. The van der Waals surface area contributed by atoms with E-state index in [2.05, 4.69) is 26.0 Å². The van der Waals surface area contributed by atoms with Gasteiger partial charge < -0.3 is 15.2 Å². The van der Waals surface area contributed by atoms with Crippen LogP contribution in [0.5, 0.6) is 5.75 Å². The smallest absolute Gasteiger partial charge is 0.481 e. The summed E-state index contributed by atoms with van der Waals surface area (Å²) in [5.41, 5.74) is -0.0740. The van der Waals surface area contributed by atoms with Gasteiger partial charge in [0.15, 0.2) is 0 Å². The first kappa shape index (κ1) is 17.3. The Morgan fingerprint density at radius 2 is 2.05 bits per heavy atom. The predicted octanol–water partition coefficient (Wildman–Crippen LogP) is 2.80. The van der Waals surface area contributed by atoms with Crippen LogP contribution >= 0.6 is 15.9 Å². The first-order chi connectivity index (χ1) is 9.60. The molecule has 0 aliphatic heterocycles. The summed E-state index contributed by atoms with van der Waals surface area (Å²) in [6, 6.07) is 3.43. The van der Waals surface area contributed by atoms with Crippen LogP contribution in [0, 0.1) is 5.92 Å². The van der Waals surface area contributed by atoms with E-state index in [0.29, 0.717) is 0 Å². The van der Waals surface area contributed by atoms with Crippen molar-refractivity contribution < 1.29 is 32.6 Å². The number of ether oxygens (including phenoxy) is 1. The van der Waals surface area contributed by atoms with Gasteiger partial charge in [-0.3, -0.25) is 9.59 Å². The highest BCUT2D eigenvalue weighted by molar-refractivity contribution is 9.10. The molecule has 1 amide bonds. The van der Waals surface area contributed by atoms with Gasteiger partial charge in [0.1, 0.15) is 5.75 Å². The quantitative estimate of drug-likeness (QED) is 0.836. The van der Waals surface area contributed by atoms with E-state index in [1.807, 2.05) is 0 Å². The Kier molecular flexibility index (Phi) is 5.59. The normalized spacial score (nSPS) is 12.6. The molecule has 2 N–H and O–H groups in total. The summed E-state index contributed by atoms with van der Waals surface area (Å²) < 4.78 is 40.4. The van der Waals surface area contributed by atoms with Crippen molar-refractivity contribution in [3.05, 3.63) is 28.2 Å². The lowest BCUT2D eigenvalue weighted by atomic mass is 10.1. The Morgan fingerprint density at radius 3 is 2.57 bits per heavy atom. The molecule has 116 valence electrons. The molecule has 0 spiro atoms. The van der Waals surface area contributed by atoms with Crippen molar-refractivity contribution in [2.75, 3.05) is 6.54 Å². The van der Waals surface area contributed by atoms with E-state index in [1.165, 1.54) is 19.1 Å². The van der Waals surface area contributed by atoms with Crippen LogP contribution < -0.4 is 10.1 Å². The fourth-order valence-corrected chi connectivity index (χ4v) is 1.61. The molecule has 0 aliphatic rings. The average molecular weight is 370 g/mol. The SMILES string of the molecule is CC(CNC(=O)c1ccc(Br)c(OC(F)(F)F)c1)C(=O)O. The van der Waals surface area contributed by atoms with Gasteiger partial charge in [0, 0.05) is 12.1 Å². The zero-order valence-electron chi connectivity index (χ0n) is 10.7. The largest absolute Gasteiger partial charge is 0.573 e. The number of rotatable bonds is 5. The van der Waals surface area contributed by atoms with E-state index in [4.69, 9.17) is 5.11 Å². The maximum absolute atomic E-state index is 12.2. The molecule has 0 fully saturated rings. The second-order valence-electron chi connectivity index (χ2n) is 4.14. The van der Waals surface area contributed by atoms with E-state index >= 15 is 0 Å². The van der Waals surface area contributed by atoms with Crippen LogP contribution in [0.25, 0.3) is 0 Å². The lowest BCUT2D eigenvalue weighted by molar-refractivity contribution is -0.274. The molecule has 1 aromatic rings. The molecule has 21 heavy (non-hydrogen) atoms. The summed E-state index contributed by atoms with van der Waals surface area (Å²) in [4.78, 5) is 22.3. The minimum Gasteiger partial charge on any atom is -0.481 e. The highest BCUT2D eigenvalue weighted by atomic mass is 79.9. The second kappa shape index (κ2) is 6.79. The molecule has 1 aromatic carbocycles. The van der Waals surface area contributed by atoms with E-state index in [0.717, 1.165) is 6.07 Å². The van der Waals surface area contributed by atoms with Gasteiger partial charge in [0.05, 0.1) is 10.4 Å². The Balaban J connectivity index is 2.81. The molecule has 5 nitrogen and oxygen atoms in total. The maximum Gasteiger partial charge on any atom is 0.573 e. The van der Waals surface area contributed by atoms with Crippen LogP contribution in [0.4, 0.5) is 13.2 Å². The minimum atomic E-state index is -4.88. The molecule has 0 radical (unpaired) electrons. The second-order valence-corrected chi connectivity index (χ2v) is 5.00. The van der Waals surface area contributed by atoms with Crippen molar-refractivity contribution in [1.29, 1.82) is 0 Å². The maximum atomic E-state index is 12.2. The third kappa shape index (κ3) is 5.62. The van der Waals surface area contributed by atoms with Crippen molar-refractivity contribution in [2.45, 2.75) is 13.3 Å². The van der Waals surface area contributed by atoms with Gasteiger partial charge in [-0.2, -0.15) is 0 Å². The lowest BCUT2D eigenvalue weighted by Crippen LogP contribution is -2.31. The van der Waals surface area contributed by atoms with Gasteiger partial charge in [-0.1, -0.05) is 6.92 Å². The molecular formula is C12H11BrF3NO4.